The number of benzene rings is 1. The van der Waals surface area contributed by atoms with Crippen molar-refractivity contribution < 1.29 is 18.7 Å². The highest BCUT2D eigenvalue weighted by atomic mass is 19.3. The average molecular weight is 298 g/mol. The smallest absolute Gasteiger partial charge is 0.303 e. The van der Waals surface area contributed by atoms with Crippen LogP contribution in [0.5, 0.6) is 0 Å². The first-order valence-electron chi connectivity index (χ1n) is 7.05. The maximum absolute atomic E-state index is 14.8. The summed E-state index contributed by atoms with van der Waals surface area (Å²) in [7, 11) is 0. The molecule has 0 bridgehead atoms. The van der Waals surface area contributed by atoms with Crippen molar-refractivity contribution in [3.05, 3.63) is 33.9 Å². The minimum absolute atomic E-state index is 0.0541. The molecule has 118 valence electrons. The van der Waals surface area contributed by atoms with E-state index in [1.807, 2.05) is 19.9 Å². The molecular formula is C17H24F2O2. The van der Waals surface area contributed by atoms with Crippen molar-refractivity contribution in [2.75, 3.05) is 0 Å². The molecular weight excluding hydrogens is 274 g/mol. The Kier molecular flexibility index (Phi) is 4.81. The quantitative estimate of drug-likeness (QED) is 0.839. The first-order chi connectivity index (χ1) is 9.37. The molecule has 0 aliphatic carbocycles. The third kappa shape index (κ3) is 4.02. The second-order valence-corrected chi connectivity index (χ2v) is 6.75. The average Bonchev–Trinajstić information content (AvgIpc) is 2.22. The number of carboxylic acids is 1. The predicted octanol–water partition coefficient (Wildman–Crippen LogP) is 4.90. The molecule has 0 fully saturated rings. The summed E-state index contributed by atoms with van der Waals surface area (Å²) >= 11 is 0. The number of aryl methyl sites for hydroxylation is 2. The van der Waals surface area contributed by atoms with E-state index in [-0.39, 0.29) is 12.0 Å². The van der Waals surface area contributed by atoms with Crippen LogP contribution in [-0.2, 0) is 10.7 Å². The van der Waals surface area contributed by atoms with Crippen LogP contribution < -0.4 is 0 Å². The van der Waals surface area contributed by atoms with Gasteiger partial charge in [-0.25, -0.2) is 8.78 Å². The van der Waals surface area contributed by atoms with Crippen LogP contribution in [0.4, 0.5) is 8.78 Å². The second kappa shape index (κ2) is 5.74. The number of carbonyl (C=O) groups is 1. The zero-order valence-corrected chi connectivity index (χ0v) is 13.6. The molecule has 0 aliphatic heterocycles. The molecule has 0 amide bonds. The summed E-state index contributed by atoms with van der Waals surface area (Å²) in [6.07, 6.45) is -0.748. The molecule has 0 aromatic heterocycles. The Balaban J connectivity index is 3.28. The minimum Gasteiger partial charge on any atom is -0.481 e. The highest BCUT2D eigenvalue weighted by Gasteiger charge is 2.41. The van der Waals surface area contributed by atoms with Crippen LogP contribution >= 0.6 is 0 Å². The van der Waals surface area contributed by atoms with Crippen LogP contribution in [0.1, 0.15) is 54.5 Å². The van der Waals surface area contributed by atoms with Gasteiger partial charge in [0.2, 0.25) is 0 Å². The van der Waals surface area contributed by atoms with Crippen molar-refractivity contribution in [2.24, 2.45) is 5.41 Å². The number of hydrogen-bond donors (Lipinski definition) is 1. The van der Waals surface area contributed by atoms with Gasteiger partial charge in [0.05, 0.1) is 6.42 Å². The van der Waals surface area contributed by atoms with Crippen molar-refractivity contribution in [1.29, 1.82) is 0 Å². The van der Waals surface area contributed by atoms with Gasteiger partial charge < -0.3 is 5.11 Å². The van der Waals surface area contributed by atoms with Gasteiger partial charge in [0.15, 0.2) is 0 Å². The monoisotopic (exact) mass is 298 g/mol. The third-order valence-corrected chi connectivity index (χ3v) is 4.06. The Labute approximate surface area is 125 Å². The first kappa shape index (κ1) is 17.6. The molecule has 0 radical (unpaired) electrons. The number of alkyl halides is 2. The second-order valence-electron chi connectivity index (χ2n) is 6.75. The summed E-state index contributed by atoms with van der Waals surface area (Å²) < 4.78 is 29.6. The molecule has 0 unspecified atom stereocenters. The summed E-state index contributed by atoms with van der Waals surface area (Å²) in [4.78, 5) is 10.8. The van der Waals surface area contributed by atoms with Gasteiger partial charge in [-0.1, -0.05) is 19.9 Å². The first-order valence-corrected chi connectivity index (χ1v) is 7.05. The van der Waals surface area contributed by atoms with E-state index in [0.717, 1.165) is 11.1 Å². The molecule has 0 spiro atoms. The van der Waals surface area contributed by atoms with Crippen molar-refractivity contribution in [2.45, 2.75) is 60.3 Å². The van der Waals surface area contributed by atoms with E-state index in [9.17, 15) is 13.6 Å². The lowest BCUT2D eigenvalue weighted by molar-refractivity contribution is -0.140. The van der Waals surface area contributed by atoms with Crippen molar-refractivity contribution in [3.8, 4) is 0 Å². The fraction of sp³-hybridized carbons (Fsp3) is 0.588. The Morgan fingerprint density at radius 2 is 1.52 bits per heavy atom. The van der Waals surface area contributed by atoms with E-state index < -0.39 is 23.7 Å². The molecule has 0 aliphatic rings. The van der Waals surface area contributed by atoms with Crippen LogP contribution in [0.25, 0.3) is 0 Å². The SMILES string of the molecule is Cc1cc(C)c(C)c(C(F)(F)CC(C)(C)CC(=O)O)c1C. The van der Waals surface area contributed by atoms with Crippen molar-refractivity contribution >= 4 is 5.97 Å². The van der Waals surface area contributed by atoms with Gasteiger partial charge >= 0.3 is 5.97 Å². The zero-order chi connectivity index (χ0) is 16.6. The van der Waals surface area contributed by atoms with E-state index in [2.05, 4.69) is 0 Å². The fourth-order valence-corrected chi connectivity index (χ4v) is 2.93. The van der Waals surface area contributed by atoms with E-state index in [4.69, 9.17) is 5.11 Å². The lowest BCUT2D eigenvalue weighted by Gasteiger charge is -2.31. The molecule has 0 atom stereocenters. The highest BCUT2D eigenvalue weighted by Crippen LogP contribution is 2.44. The summed E-state index contributed by atoms with van der Waals surface area (Å²) in [6, 6.07) is 1.91. The van der Waals surface area contributed by atoms with Gasteiger partial charge in [0, 0.05) is 12.0 Å². The molecule has 1 N–H and O–H groups in total. The Morgan fingerprint density at radius 1 is 1.10 bits per heavy atom. The summed E-state index contributed by atoms with van der Waals surface area (Å²) in [5, 5.41) is 8.87. The van der Waals surface area contributed by atoms with Gasteiger partial charge in [-0.15, -0.1) is 0 Å². The third-order valence-electron chi connectivity index (χ3n) is 4.06. The van der Waals surface area contributed by atoms with E-state index >= 15 is 0 Å². The van der Waals surface area contributed by atoms with Crippen LogP contribution in [0.15, 0.2) is 6.07 Å². The molecule has 21 heavy (non-hydrogen) atoms. The standard InChI is InChI=1S/C17H24F2O2/c1-10-7-11(2)13(4)15(12(10)3)17(18,19)9-16(5,6)8-14(20)21/h7H,8-9H2,1-6H3,(H,20,21). The molecule has 4 heteroatoms. The van der Waals surface area contributed by atoms with Gasteiger partial charge in [0.1, 0.15) is 0 Å². The number of aliphatic carboxylic acids is 1. The molecule has 0 saturated heterocycles. The van der Waals surface area contributed by atoms with E-state index in [0.29, 0.717) is 11.1 Å². The van der Waals surface area contributed by atoms with Crippen LogP contribution in [0.2, 0.25) is 0 Å². The number of halogens is 2. The fourth-order valence-electron chi connectivity index (χ4n) is 2.93. The summed E-state index contributed by atoms with van der Waals surface area (Å²) in [6.45, 7) is 10.2. The van der Waals surface area contributed by atoms with Gasteiger partial charge in [-0.3, -0.25) is 4.79 Å². The highest BCUT2D eigenvalue weighted by molar-refractivity contribution is 5.67. The zero-order valence-electron chi connectivity index (χ0n) is 13.6. The topological polar surface area (TPSA) is 37.3 Å². The molecule has 1 rings (SSSR count). The molecule has 0 saturated carbocycles. The normalized spacial score (nSPS) is 12.6. The Morgan fingerprint density at radius 3 is 1.90 bits per heavy atom. The summed E-state index contributed by atoms with van der Waals surface area (Å²) in [5.74, 6) is -4.09. The molecule has 2 nitrogen and oxygen atoms in total. The lowest BCUT2D eigenvalue weighted by Crippen LogP contribution is -2.28. The van der Waals surface area contributed by atoms with Crippen LogP contribution in [0, 0.1) is 33.1 Å². The van der Waals surface area contributed by atoms with E-state index in [1.165, 1.54) is 0 Å². The van der Waals surface area contributed by atoms with Crippen molar-refractivity contribution in [3.63, 3.8) is 0 Å². The van der Waals surface area contributed by atoms with Gasteiger partial charge in [-0.05, 0) is 55.4 Å². The minimum atomic E-state index is -3.04. The summed E-state index contributed by atoms with van der Waals surface area (Å²) in [5.41, 5.74) is 1.95. The predicted molar refractivity (Wildman–Crippen MR) is 79.9 cm³/mol. The number of rotatable bonds is 5. The molecule has 0 heterocycles. The van der Waals surface area contributed by atoms with Crippen LogP contribution in [-0.4, -0.2) is 11.1 Å². The van der Waals surface area contributed by atoms with Gasteiger partial charge in [0.25, 0.3) is 5.92 Å². The van der Waals surface area contributed by atoms with E-state index in [1.54, 1.807) is 27.7 Å². The van der Waals surface area contributed by atoms with Crippen molar-refractivity contribution in [1.82, 2.24) is 0 Å². The Bertz CT molecular complexity index is 534. The number of carboxylic acid groups (broad SMARTS) is 1. The molecule has 1 aromatic rings. The lowest BCUT2D eigenvalue weighted by atomic mass is 9.79. The maximum Gasteiger partial charge on any atom is 0.303 e. The maximum atomic E-state index is 14.8. The van der Waals surface area contributed by atoms with Crippen LogP contribution in [0.3, 0.4) is 0 Å². The van der Waals surface area contributed by atoms with Gasteiger partial charge in [-0.2, -0.15) is 0 Å². The Hall–Kier alpha value is -1.45. The molecule has 1 aromatic carbocycles. The number of hydrogen-bond acceptors (Lipinski definition) is 1. The largest absolute Gasteiger partial charge is 0.481 e.